The lowest BCUT2D eigenvalue weighted by Gasteiger charge is -2.24. The zero-order chi connectivity index (χ0) is 11.7. The molecular formula is C12H15ClO3. The molecule has 1 aromatic rings. The lowest BCUT2D eigenvalue weighted by molar-refractivity contribution is 0.171. The molecule has 1 unspecified atom stereocenters. The average molecular weight is 243 g/mol. The lowest BCUT2D eigenvalue weighted by Crippen LogP contribution is -2.17. The van der Waals surface area contributed by atoms with E-state index in [1.54, 1.807) is 0 Å². The standard InChI is InChI=1S/C12H15ClO3/c1-7-5-9-12(16-4-3-15-9)11(13)10(7)8(2)6-14/h5,8,14H,3-4,6H2,1-2H3. The number of aryl methyl sites for hydroxylation is 1. The second-order valence-corrected chi connectivity index (χ2v) is 4.41. The highest BCUT2D eigenvalue weighted by atomic mass is 35.5. The molecule has 16 heavy (non-hydrogen) atoms. The summed E-state index contributed by atoms with van der Waals surface area (Å²) in [4.78, 5) is 0. The van der Waals surface area contributed by atoms with Gasteiger partial charge >= 0.3 is 0 Å². The molecule has 1 aliphatic heterocycles. The molecule has 0 amide bonds. The Balaban J connectivity index is 2.54. The maximum Gasteiger partial charge on any atom is 0.180 e. The molecule has 0 saturated heterocycles. The molecule has 0 spiro atoms. The van der Waals surface area contributed by atoms with Crippen molar-refractivity contribution in [3.8, 4) is 11.5 Å². The fourth-order valence-electron chi connectivity index (χ4n) is 1.98. The summed E-state index contributed by atoms with van der Waals surface area (Å²) in [5.74, 6) is 1.31. The van der Waals surface area contributed by atoms with Gasteiger partial charge in [0, 0.05) is 12.5 Å². The number of hydrogen-bond donors (Lipinski definition) is 1. The van der Waals surface area contributed by atoms with Crippen LogP contribution in [0.25, 0.3) is 0 Å². The Kier molecular flexibility index (Phi) is 3.26. The highest BCUT2D eigenvalue weighted by Gasteiger charge is 2.22. The predicted octanol–water partition coefficient (Wildman–Crippen LogP) is 2.52. The molecule has 0 radical (unpaired) electrons. The molecule has 0 fully saturated rings. The van der Waals surface area contributed by atoms with Crippen molar-refractivity contribution < 1.29 is 14.6 Å². The highest BCUT2D eigenvalue weighted by Crippen LogP contribution is 2.43. The van der Waals surface area contributed by atoms with Crippen molar-refractivity contribution in [1.82, 2.24) is 0 Å². The van der Waals surface area contributed by atoms with Crippen molar-refractivity contribution in [2.24, 2.45) is 0 Å². The number of aliphatic hydroxyl groups excluding tert-OH is 1. The Morgan fingerprint density at radius 3 is 2.81 bits per heavy atom. The van der Waals surface area contributed by atoms with Gasteiger partial charge in [-0.1, -0.05) is 18.5 Å². The van der Waals surface area contributed by atoms with Crippen LogP contribution in [0, 0.1) is 6.92 Å². The molecule has 1 N–H and O–H groups in total. The summed E-state index contributed by atoms with van der Waals surface area (Å²) < 4.78 is 11.0. The summed E-state index contributed by atoms with van der Waals surface area (Å²) >= 11 is 6.29. The van der Waals surface area contributed by atoms with E-state index < -0.39 is 0 Å². The number of fused-ring (bicyclic) bond motifs is 1. The summed E-state index contributed by atoms with van der Waals surface area (Å²) in [6.45, 7) is 5.04. The number of aliphatic hydroxyl groups is 1. The van der Waals surface area contributed by atoms with Crippen LogP contribution in [0.4, 0.5) is 0 Å². The molecule has 1 heterocycles. The summed E-state index contributed by atoms with van der Waals surface area (Å²) in [6.07, 6.45) is 0. The first-order valence-electron chi connectivity index (χ1n) is 5.34. The first-order valence-corrected chi connectivity index (χ1v) is 5.72. The Morgan fingerprint density at radius 1 is 1.44 bits per heavy atom. The van der Waals surface area contributed by atoms with Crippen molar-refractivity contribution in [1.29, 1.82) is 0 Å². The van der Waals surface area contributed by atoms with Crippen LogP contribution in [0.15, 0.2) is 6.07 Å². The van der Waals surface area contributed by atoms with Crippen LogP contribution >= 0.6 is 11.6 Å². The molecule has 3 nitrogen and oxygen atoms in total. The molecule has 1 aliphatic rings. The third-order valence-corrected chi connectivity index (χ3v) is 3.16. The number of halogens is 1. The van der Waals surface area contributed by atoms with Gasteiger partial charge in [-0.2, -0.15) is 0 Å². The van der Waals surface area contributed by atoms with E-state index >= 15 is 0 Å². The van der Waals surface area contributed by atoms with E-state index in [-0.39, 0.29) is 12.5 Å². The van der Waals surface area contributed by atoms with Crippen LogP contribution in [-0.2, 0) is 0 Å². The van der Waals surface area contributed by atoms with Gasteiger partial charge in [-0.25, -0.2) is 0 Å². The monoisotopic (exact) mass is 242 g/mol. The Labute approximate surface area is 99.9 Å². The normalized spacial score (nSPS) is 16.0. The van der Waals surface area contributed by atoms with Gasteiger partial charge in [0.15, 0.2) is 11.5 Å². The summed E-state index contributed by atoms with van der Waals surface area (Å²) in [5, 5.41) is 9.78. The first-order chi connectivity index (χ1) is 7.65. The minimum absolute atomic E-state index is 0.00308. The molecule has 4 heteroatoms. The Morgan fingerprint density at radius 2 is 2.12 bits per heavy atom. The number of hydrogen-bond acceptors (Lipinski definition) is 3. The van der Waals surface area contributed by atoms with Crippen molar-refractivity contribution in [2.75, 3.05) is 19.8 Å². The fourth-order valence-corrected chi connectivity index (χ4v) is 2.46. The van der Waals surface area contributed by atoms with Gasteiger partial charge < -0.3 is 14.6 Å². The summed E-state index contributed by atoms with van der Waals surface area (Å²) in [6, 6.07) is 1.92. The zero-order valence-corrected chi connectivity index (χ0v) is 10.2. The summed E-state index contributed by atoms with van der Waals surface area (Å²) in [7, 11) is 0. The van der Waals surface area contributed by atoms with Gasteiger partial charge in [0.1, 0.15) is 13.2 Å². The van der Waals surface area contributed by atoms with E-state index in [0.29, 0.717) is 29.7 Å². The number of rotatable bonds is 2. The zero-order valence-electron chi connectivity index (χ0n) is 9.42. The van der Waals surface area contributed by atoms with E-state index in [4.69, 9.17) is 21.1 Å². The maximum atomic E-state index is 9.21. The van der Waals surface area contributed by atoms with Crippen molar-refractivity contribution in [3.05, 3.63) is 22.2 Å². The van der Waals surface area contributed by atoms with Crippen LogP contribution in [0.1, 0.15) is 24.0 Å². The topological polar surface area (TPSA) is 38.7 Å². The minimum Gasteiger partial charge on any atom is -0.486 e. The Hall–Kier alpha value is -0.930. The van der Waals surface area contributed by atoms with Gasteiger partial charge in [-0.05, 0) is 24.1 Å². The molecule has 1 atom stereocenters. The molecule has 0 bridgehead atoms. The van der Waals surface area contributed by atoms with Crippen molar-refractivity contribution in [2.45, 2.75) is 19.8 Å². The third-order valence-electron chi connectivity index (χ3n) is 2.79. The van der Waals surface area contributed by atoms with Crippen LogP contribution in [0.3, 0.4) is 0 Å². The van der Waals surface area contributed by atoms with Crippen molar-refractivity contribution in [3.63, 3.8) is 0 Å². The van der Waals surface area contributed by atoms with Crippen LogP contribution in [-0.4, -0.2) is 24.9 Å². The molecule has 0 aliphatic carbocycles. The molecule has 88 valence electrons. The summed E-state index contributed by atoms with van der Waals surface area (Å²) in [5.41, 5.74) is 1.96. The molecular weight excluding hydrogens is 228 g/mol. The number of ether oxygens (including phenoxy) is 2. The lowest BCUT2D eigenvalue weighted by atomic mass is 9.96. The molecule has 1 aromatic carbocycles. The van der Waals surface area contributed by atoms with Crippen molar-refractivity contribution >= 4 is 11.6 Å². The van der Waals surface area contributed by atoms with Gasteiger partial charge in [0.05, 0.1) is 5.02 Å². The predicted molar refractivity (Wildman–Crippen MR) is 62.7 cm³/mol. The Bertz CT molecular complexity index is 404. The largest absolute Gasteiger partial charge is 0.486 e. The average Bonchev–Trinajstić information content (AvgIpc) is 2.28. The van der Waals surface area contributed by atoms with E-state index in [1.165, 1.54) is 0 Å². The molecule has 2 rings (SSSR count). The smallest absolute Gasteiger partial charge is 0.180 e. The quantitative estimate of drug-likeness (QED) is 0.866. The van der Waals surface area contributed by atoms with E-state index in [9.17, 15) is 5.11 Å². The van der Waals surface area contributed by atoms with Gasteiger partial charge in [-0.15, -0.1) is 0 Å². The molecule has 0 aromatic heterocycles. The third kappa shape index (κ3) is 1.85. The van der Waals surface area contributed by atoms with E-state index in [2.05, 4.69) is 0 Å². The molecule has 0 saturated carbocycles. The van der Waals surface area contributed by atoms with Crippen LogP contribution in [0.2, 0.25) is 5.02 Å². The number of benzene rings is 1. The van der Waals surface area contributed by atoms with Gasteiger partial charge in [0.2, 0.25) is 0 Å². The maximum absolute atomic E-state index is 9.21. The van der Waals surface area contributed by atoms with Crippen LogP contribution in [0.5, 0.6) is 11.5 Å². The fraction of sp³-hybridized carbons (Fsp3) is 0.500. The van der Waals surface area contributed by atoms with Gasteiger partial charge in [-0.3, -0.25) is 0 Å². The van der Waals surface area contributed by atoms with E-state index in [1.807, 2.05) is 19.9 Å². The minimum atomic E-state index is 0.00308. The second kappa shape index (κ2) is 4.52. The second-order valence-electron chi connectivity index (χ2n) is 4.03. The van der Waals surface area contributed by atoms with E-state index in [0.717, 1.165) is 11.1 Å². The first kappa shape index (κ1) is 11.6. The SMILES string of the molecule is Cc1cc2c(c(Cl)c1C(C)CO)OCCO2. The highest BCUT2D eigenvalue weighted by molar-refractivity contribution is 6.33. The van der Waals surface area contributed by atoms with Crippen LogP contribution < -0.4 is 9.47 Å². The van der Waals surface area contributed by atoms with Gasteiger partial charge in [0.25, 0.3) is 0 Å².